The van der Waals surface area contributed by atoms with Gasteiger partial charge in [0.15, 0.2) is 0 Å². The monoisotopic (exact) mass is 443 g/mol. The smallest absolute Gasteiger partial charge is 0.249 e. The quantitative estimate of drug-likeness (QED) is 0.467. The minimum absolute atomic E-state index is 0.361. The van der Waals surface area contributed by atoms with Crippen molar-refractivity contribution >= 4 is 50.3 Å². The Labute approximate surface area is 157 Å². The van der Waals surface area contributed by atoms with Crippen molar-refractivity contribution in [2.45, 2.75) is 6.54 Å². The van der Waals surface area contributed by atoms with Gasteiger partial charge in [0.2, 0.25) is 5.91 Å². The van der Waals surface area contributed by atoms with Crippen LogP contribution >= 0.6 is 22.6 Å². The maximum absolute atomic E-state index is 13.9. The van der Waals surface area contributed by atoms with Crippen LogP contribution < -0.4 is 5.73 Å². The van der Waals surface area contributed by atoms with Crippen molar-refractivity contribution in [3.8, 4) is 0 Å². The molecular weight excluding hydrogens is 430 g/mol. The molecule has 0 saturated heterocycles. The summed E-state index contributed by atoms with van der Waals surface area (Å²) in [7, 11) is 0. The molecule has 2 N–H and O–H groups in total. The number of hydrogen-bond donors (Lipinski definition) is 1. The molecule has 0 aliphatic rings. The van der Waals surface area contributed by atoms with Gasteiger partial charge in [0.1, 0.15) is 5.82 Å². The van der Waals surface area contributed by atoms with E-state index in [1.807, 2.05) is 34.9 Å². The summed E-state index contributed by atoms with van der Waals surface area (Å²) in [4.78, 5) is 11.9. The van der Waals surface area contributed by atoms with E-state index in [1.165, 1.54) is 12.1 Å². The fraction of sp³-hybridized carbons (Fsp3) is 0.0500. The number of hydrogen-bond acceptors (Lipinski definition) is 1. The van der Waals surface area contributed by atoms with E-state index < -0.39 is 5.91 Å². The van der Waals surface area contributed by atoms with E-state index in [0.717, 1.165) is 20.0 Å². The second-order valence-electron chi connectivity index (χ2n) is 5.82. The molecule has 0 aliphatic carbocycles. The lowest BCUT2D eigenvalue weighted by Gasteiger charge is -2.10. The fourth-order valence-corrected chi connectivity index (χ4v) is 3.76. The second-order valence-corrected chi connectivity index (χ2v) is 6.98. The minimum atomic E-state index is -0.503. The highest BCUT2D eigenvalue weighted by Crippen LogP contribution is 2.32. The van der Waals surface area contributed by atoms with Crippen LogP contribution in [0.3, 0.4) is 0 Å². The molecule has 0 fully saturated rings. The van der Waals surface area contributed by atoms with Crippen LogP contribution in [0.4, 0.5) is 4.39 Å². The van der Waals surface area contributed by atoms with Crippen molar-refractivity contribution in [2.24, 2.45) is 5.73 Å². The highest BCUT2D eigenvalue weighted by atomic mass is 127. The number of nitrogens with two attached hydrogens (primary N) is 1. The number of benzene rings is 3. The Bertz CT molecular complexity index is 1130. The molecule has 0 spiro atoms. The van der Waals surface area contributed by atoms with E-state index in [2.05, 4.69) is 28.7 Å². The van der Waals surface area contributed by atoms with Crippen molar-refractivity contribution in [2.75, 3.05) is 0 Å². The van der Waals surface area contributed by atoms with E-state index >= 15 is 0 Å². The summed E-state index contributed by atoms with van der Waals surface area (Å²) in [6, 6.07) is 19.2. The van der Waals surface area contributed by atoms with E-state index in [0.29, 0.717) is 23.0 Å². The number of aromatic nitrogens is 1. The van der Waals surface area contributed by atoms with Crippen molar-refractivity contribution in [1.29, 1.82) is 0 Å². The molecule has 5 heteroatoms. The van der Waals surface area contributed by atoms with Gasteiger partial charge in [-0.05, 0) is 64.6 Å². The van der Waals surface area contributed by atoms with Gasteiger partial charge in [0, 0.05) is 26.5 Å². The van der Waals surface area contributed by atoms with Crippen molar-refractivity contribution in [1.82, 2.24) is 4.57 Å². The molecular formula is C20H13FIN2O. The Hall–Kier alpha value is -2.41. The van der Waals surface area contributed by atoms with Crippen LogP contribution in [0.2, 0.25) is 0 Å². The molecule has 1 radical (unpaired) electrons. The van der Waals surface area contributed by atoms with Gasteiger partial charge in [-0.2, -0.15) is 0 Å². The van der Waals surface area contributed by atoms with E-state index in [1.54, 1.807) is 12.1 Å². The number of carbonyl (C=O) groups is 1. The van der Waals surface area contributed by atoms with Crippen LogP contribution in [0.25, 0.3) is 21.8 Å². The molecule has 1 aromatic heterocycles. The molecule has 3 aromatic carbocycles. The molecule has 123 valence electrons. The summed E-state index contributed by atoms with van der Waals surface area (Å²) in [6.45, 7) is 0.568. The highest BCUT2D eigenvalue weighted by molar-refractivity contribution is 14.1. The molecule has 1 heterocycles. The number of amides is 1. The Morgan fingerprint density at radius 3 is 2.72 bits per heavy atom. The van der Waals surface area contributed by atoms with E-state index in [9.17, 15) is 9.18 Å². The van der Waals surface area contributed by atoms with Crippen LogP contribution in [0.5, 0.6) is 0 Å². The summed E-state index contributed by atoms with van der Waals surface area (Å²) < 4.78 is 17.0. The molecule has 25 heavy (non-hydrogen) atoms. The van der Waals surface area contributed by atoms with Crippen LogP contribution in [0.15, 0.2) is 54.6 Å². The average molecular weight is 443 g/mol. The van der Waals surface area contributed by atoms with Crippen LogP contribution in [-0.4, -0.2) is 10.5 Å². The third-order valence-corrected chi connectivity index (χ3v) is 5.36. The zero-order valence-corrected chi connectivity index (χ0v) is 15.2. The molecule has 1 amide bonds. The van der Waals surface area contributed by atoms with E-state index in [4.69, 9.17) is 5.73 Å². The summed E-state index contributed by atoms with van der Waals surface area (Å²) >= 11 is 2.29. The Balaban J connectivity index is 2.08. The van der Waals surface area contributed by atoms with Crippen molar-refractivity contribution in [3.63, 3.8) is 0 Å². The van der Waals surface area contributed by atoms with Gasteiger partial charge in [-0.1, -0.05) is 24.3 Å². The number of fused-ring (bicyclic) bond motifs is 3. The number of carbonyl (C=O) groups excluding carboxylic acids is 1. The molecule has 0 saturated carbocycles. The number of nitrogens with zero attached hydrogens (tertiary/aromatic N) is 1. The fourth-order valence-electron chi connectivity index (χ4n) is 3.20. The van der Waals surface area contributed by atoms with Gasteiger partial charge in [0.05, 0.1) is 11.0 Å². The zero-order valence-electron chi connectivity index (χ0n) is 13.1. The predicted octanol–water partition coefficient (Wildman–Crippen LogP) is 4.49. The Morgan fingerprint density at radius 1 is 1.16 bits per heavy atom. The number of halogens is 2. The molecule has 3 nitrogen and oxygen atoms in total. The first-order valence-electron chi connectivity index (χ1n) is 7.71. The van der Waals surface area contributed by atoms with Gasteiger partial charge in [-0.15, -0.1) is 0 Å². The molecule has 0 unspecified atom stereocenters. The second kappa shape index (κ2) is 6.15. The normalized spacial score (nSPS) is 11.3. The van der Waals surface area contributed by atoms with Crippen molar-refractivity contribution < 1.29 is 9.18 Å². The maximum Gasteiger partial charge on any atom is 0.249 e. The summed E-state index contributed by atoms with van der Waals surface area (Å²) in [6.07, 6.45) is 0. The molecule has 4 rings (SSSR count). The lowest BCUT2D eigenvalue weighted by molar-refractivity contribution is 0.100. The number of rotatable bonds is 3. The molecule has 4 aromatic rings. The van der Waals surface area contributed by atoms with Gasteiger partial charge < -0.3 is 10.3 Å². The minimum Gasteiger partial charge on any atom is -0.366 e. The average Bonchev–Trinajstić information content (AvgIpc) is 2.90. The zero-order chi connectivity index (χ0) is 17.6. The summed E-state index contributed by atoms with van der Waals surface area (Å²) in [5.41, 5.74) is 8.63. The van der Waals surface area contributed by atoms with Gasteiger partial charge in [-0.25, -0.2) is 4.39 Å². The van der Waals surface area contributed by atoms with Gasteiger partial charge >= 0.3 is 0 Å². The summed E-state index contributed by atoms with van der Waals surface area (Å²) in [5.74, 6) is -0.864. The molecule has 0 atom stereocenters. The topological polar surface area (TPSA) is 48.0 Å². The first-order valence-corrected chi connectivity index (χ1v) is 8.79. The van der Waals surface area contributed by atoms with Gasteiger partial charge in [-0.3, -0.25) is 4.79 Å². The van der Waals surface area contributed by atoms with Gasteiger partial charge in [0.25, 0.3) is 0 Å². The molecule has 0 aliphatic heterocycles. The third-order valence-electron chi connectivity index (χ3n) is 4.31. The van der Waals surface area contributed by atoms with E-state index in [-0.39, 0.29) is 5.82 Å². The first-order chi connectivity index (χ1) is 12.1. The Morgan fingerprint density at radius 2 is 1.96 bits per heavy atom. The standard InChI is InChI=1S/C20H13FIN2O/c21-13-8-9-14-18(10-13)24(11-12-4-1-2-6-16(12)22)17-7-3-5-15(19(14)17)20(23)25/h1-8,10H,11H2,(H2,23,25). The summed E-state index contributed by atoms with van der Waals surface area (Å²) in [5, 5.41) is 1.42. The first kappa shape index (κ1) is 16.1. The van der Waals surface area contributed by atoms with Crippen LogP contribution in [-0.2, 0) is 6.54 Å². The predicted molar refractivity (Wildman–Crippen MR) is 105 cm³/mol. The van der Waals surface area contributed by atoms with Crippen LogP contribution in [0.1, 0.15) is 15.9 Å². The van der Waals surface area contributed by atoms with Crippen LogP contribution in [0, 0.1) is 15.5 Å². The Kier molecular flexibility index (Phi) is 3.95. The highest BCUT2D eigenvalue weighted by Gasteiger charge is 2.17. The third kappa shape index (κ3) is 2.68. The largest absolute Gasteiger partial charge is 0.366 e. The molecule has 0 bridgehead atoms. The SMILES string of the molecule is NC(=O)c1cccc2c1c1[c]cc(F)cc1n2Cc1ccccc1I. The lowest BCUT2D eigenvalue weighted by Crippen LogP contribution is -2.11. The maximum atomic E-state index is 13.9. The lowest BCUT2D eigenvalue weighted by atomic mass is 10.1. The number of primary amides is 1. The van der Waals surface area contributed by atoms with Crippen molar-refractivity contribution in [3.05, 3.63) is 81.2 Å².